The molecule has 1 fully saturated rings. The molecular formula is C16H28N4O2. The number of urea groups is 1. The van der Waals surface area contributed by atoms with Gasteiger partial charge in [-0.3, -0.25) is 0 Å². The van der Waals surface area contributed by atoms with Crippen LogP contribution in [0, 0.1) is 12.8 Å². The Hall–Kier alpha value is -1.56. The van der Waals surface area contributed by atoms with E-state index in [4.69, 9.17) is 4.52 Å². The van der Waals surface area contributed by atoms with Crippen LogP contribution in [0.2, 0.25) is 0 Å². The van der Waals surface area contributed by atoms with E-state index in [0.29, 0.717) is 12.5 Å². The Kier molecular flexibility index (Phi) is 5.83. The van der Waals surface area contributed by atoms with Gasteiger partial charge in [-0.1, -0.05) is 19.0 Å². The molecule has 2 amide bonds. The fraction of sp³-hybridized carbons (Fsp3) is 0.750. The largest absolute Gasteiger partial charge is 0.361 e. The third kappa shape index (κ3) is 5.02. The average Bonchev–Trinajstić information content (AvgIpc) is 2.85. The van der Waals surface area contributed by atoms with Crippen LogP contribution >= 0.6 is 0 Å². The Morgan fingerprint density at radius 1 is 1.50 bits per heavy atom. The number of hydrogen-bond donors (Lipinski definition) is 1. The number of nitrogens with one attached hydrogen (secondary N) is 1. The first-order valence-corrected chi connectivity index (χ1v) is 8.10. The van der Waals surface area contributed by atoms with Gasteiger partial charge < -0.3 is 19.6 Å². The highest BCUT2D eigenvalue weighted by atomic mass is 16.5. The summed E-state index contributed by atoms with van der Waals surface area (Å²) in [7, 11) is 1.78. The van der Waals surface area contributed by atoms with E-state index in [2.05, 4.69) is 29.2 Å². The maximum atomic E-state index is 12.2. The van der Waals surface area contributed by atoms with Crippen molar-refractivity contribution < 1.29 is 9.32 Å². The number of carbonyl (C=O) groups is 1. The fourth-order valence-electron chi connectivity index (χ4n) is 2.87. The molecule has 0 saturated carbocycles. The number of likely N-dealkylation sites (tertiary alicyclic amines) is 1. The smallest absolute Gasteiger partial charge is 0.317 e. The Balaban J connectivity index is 1.73. The monoisotopic (exact) mass is 308 g/mol. The molecule has 0 bridgehead atoms. The second-order valence-electron chi connectivity index (χ2n) is 6.70. The van der Waals surface area contributed by atoms with E-state index >= 15 is 0 Å². The molecule has 1 aromatic heterocycles. The maximum absolute atomic E-state index is 12.2. The van der Waals surface area contributed by atoms with Crippen LogP contribution < -0.4 is 5.32 Å². The van der Waals surface area contributed by atoms with E-state index in [-0.39, 0.29) is 12.1 Å². The topological polar surface area (TPSA) is 61.6 Å². The van der Waals surface area contributed by atoms with E-state index in [9.17, 15) is 4.79 Å². The van der Waals surface area contributed by atoms with Crippen molar-refractivity contribution in [3.05, 3.63) is 17.5 Å². The molecule has 6 nitrogen and oxygen atoms in total. The van der Waals surface area contributed by atoms with E-state index in [1.165, 1.54) is 0 Å². The summed E-state index contributed by atoms with van der Waals surface area (Å²) in [6, 6.07) is 2.09. The van der Waals surface area contributed by atoms with Crippen molar-refractivity contribution in [1.82, 2.24) is 20.3 Å². The quantitative estimate of drug-likeness (QED) is 0.906. The first kappa shape index (κ1) is 16.8. The molecule has 1 saturated heterocycles. The molecule has 2 heterocycles. The minimum absolute atomic E-state index is 0.0389. The van der Waals surface area contributed by atoms with Gasteiger partial charge in [0.1, 0.15) is 11.5 Å². The van der Waals surface area contributed by atoms with Gasteiger partial charge in [-0.05, 0) is 25.7 Å². The molecule has 0 aromatic carbocycles. The third-order valence-corrected chi connectivity index (χ3v) is 3.96. The summed E-state index contributed by atoms with van der Waals surface area (Å²) < 4.78 is 5.02. The number of nitrogens with zero attached hydrogens (tertiary/aromatic N) is 3. The molecule has 0 spiro atoms. The van der Waals surface area contributed by atoms with Crippen LogP contribution in [0.5, 0.6) is 0 Å². The lowest BCUT2D eigenvalue weighted by Gasteiger charge is -2.34. The van der Waals surface area contributed by atoms with Gasteiger partial charge in [-0.15, -0.1) is 0 Å². The van der Waals surface area contributed by atoms with Crippen LogP contribution in [0.1, 0.15) is 38.1 Å². The number of hydrogen-bond acceptors (Lipinski definition) is 4. The minimum atomic E-state index is -0.0389. The minimum Gasteiger partial charge on any atom is -0.361 e. The Morgan fingerprint density at radius 3 is 2.73 bits per heavy atom. The summed E-state index contributed by atoms with van der Waals surface area (Å²) in [6.07, 6.45) is 2.05. The molecular weight excluding hydrogens is 280 g/mol. The second-order valence-corrected chi connectivity index (χ2v) is 6.70. The molecule has 22 heavy (non-hydrogen) atoms. The highest BCUT2D eigenvalue weighted by Gasteiger charge is 2.22. The number of aryl methyl sites for hydroxylation is 1. The van der Waals surface area contributed by atoms with Crippen LogP contribution in [0.3, 0.4) is 0 Å². The van der Waals surface area contributed by atoms with Crippen molar-refractivity contribution in [3.8, 4) is 0 Å². The van der Waals surface area contributed by atoms with E-state index in [1.54, 1.807) is 11.9 Å². The predicted molar refractivity (Wildman–Crippen MR) is 85.5 cm³/mol. The lowest BCUT2D eigenvalue weighted by Crippen LogP contribution is -2.48. The predicted octanol–water partition coefficient (Wildman–Crippen LogP) is 2.24. The van der Waals surface area contributed by atoms with Crippen LogP contribution in [0.4, 0.5) is 4.79 Å². The number of piperidine rings is 1. The third-order valence-electron chi connectivity index (χ3n) is 3.96. The highest BCUT2D eigenvalue weighted by Crippen LogP contribution is 2.13. The molecule has 124 valence electrons. The molecule has 1 aliphatic heterocycles. The molecule has 1 N–H and O–H groups in total. The van der Waals surface area contributed by atoms with Gasteiger partial charge in [0.25, 0.3) is 0 Å². The zero-order valence-electron chi connectivity index (χ0n) is 14.1. The lowest BCUT2D eigenvalue weighted by atomic mass is 10.0. The van der Waals surface area contributed by atoms with Gasteiger partial charge >= 0.3 is 6.03 Å². The summed E-state index contributed by atoms with van der Waals surface area (Å²) in [5.41, 5.74) is 0.780. The normalized spacial score (nSPS) is 17.0. The van der Waals surface area contributed by atoms with Gasteiger partial charge in [-0.25, -0.2) is 4.79 Å². The molecule has 2 rings (SSSR count). The van der Waals surface area contributed by atoms with Crippen molar-refractivity contribution in [1.29, 1.82) is 0 Å². The zero-order chi connectivity index (χ0) is 16.1. The molecule has 0 atom stereocenters. The van der Waals surface area contributed by atoms with Gasteiger partial charge in [0.05, 0.1) is 6.54 Å². The Labute approximate surface area is 132 Å². The standard InChI is InChI=1S/C16H28N4O2/c1-12(2)10-20-7-5-14(6-8-20)17-16(21)19(4)11-15-9-13(3)22-18-15/h9,12,14H,5-8,10-11H2,1-4H3,(H,17,21). The average molecular weight is 308 g/mol. The van der Waals surface area contributed by atoms with Crippen LogP contribution in [-0.2, 0) is 6.54 Å². The maximum Gasteiger partial charge on any atom is 0.317 e. The van der Waals surface area contributed by atoms with E-state index < -0.39 is 0 Å². The van der Waals surface area contributed by atoms with E-state index in [0.717, 1.165) is 43.9 Å². The number of amides is 2. The van der Waals surface area contributed by atoms with Gasteiger partial charge in [0, 0.05) is 38.8 Å². The first-order valence-electron chi connectivity index (χ1n) is 8.10. The van der Waals surface area contributed by atoms with Crippen molar-refractivity contribution in [2.75, 3.05) is 26.7 Å². The zero-order valence-corrected chi connectivity index (χ0v) is 14.1. The second kappa shape index (κ2) is 7.63. The molecule has 0 aliphatic carbocycles. The van der Waals surface area contributed by atoms with Crippen molar-refractivity contribution in [3.63, 3.8) is 0 Å². The molecule has 1 aromatic rings. The SMILES string of the molecule is Cc1cc(CN(C)C(=O)NC2CCN(CC(C)C)CC2)no1. The summed E-state index contributed by atoms with van der Waals surface area (Å²) in [5, 5.41) is 7.04. The molecule has 0 unspecified atom stereocenters. The van der Waals surface area contributed by atoms with Crippen LogP contribution in [-0.4, -0.2) is 53.7 Å². The fourth-order valence-corrected chi connectivity index (χ4v) is 2.87. The summed E-state index contributed by atoms with van der Waals surface area (Å²) in [6.45, 7) is 10.1. The van der Waals surface area contributed by atoms with Crippen molar-refractivity contribution in [2.24, 2.45) is 5.92 Å². The van der Waals surface area contributed by atoms with Gasteiger partial charge in [0.2, 0.25) is 0 Å². The Morgan fingerprint density at radius 2 is 2.18 bits per heavy atom. The summed E-state index contributed by atoms with van der Waals surface area (Å²) in [5.74, 6) is 1.46. The van der Waals surface area contributed by atoms with Gasteiger partial charge in [-0.2, -0.15) is 0 Å². The van der Waals surface area contributed by atoms with Crippen LogP contribution in [0.15, 0.2) is 10.6 Å². The number of rotatable bonds is 5. The van der Waals surface area contributed by atoms with E-state index in [1.807, 2.05) is 13.0 Å². The summed E-state index contributed by atoms with van der Waals surface area (Å²) >= 11 is 0. The van der Waals surface area contributed by atoms with Crippen molar-refractivity contribution in [2.45, 2.75) is 46.2 Å². The molecule has 0 radical (unpaired) electrons. The molecule has 6 heteroatoms. The Bertz CT molecular complexity index is 478. The lowest BCUT2D eigenvalue weighted by molar-refractivity contribution is 0.167. The van der Waals surface area contributed by atoms with Crippen molar-refractivity contribution >= 4 is 6.03 Å². The molecule has 1 aliphatic rings. The number of aromatic nitrogens is 1. The first-order chi connectivity index (χ1) is 10.4. The summed E-state index contributed by atoms with van der Waals surface area (Å²) in [4.78, 5) is 16.4. The van der Waals surface area contributed by atoms with Crippen LogP contribution in [0.25, 0.3) is 0 Å². The number of carbonyl (C=O) groups excluding carboxylic acids is 1. The highest BCUT2D eigenvalue weighted by molar-refractivity contribution is 5.74. The van der Waals surface area contributed by atoms with Gasteiger partial charge in [0.15, 0.2) is 0 Å².